The molecule has 3 unspecified atom stereocenters. The maximum Gasteiger partial charge on any atom is 1.00 e. The smallest absolute Gasteiger partial charge is 0.566 e. The van der Waals surface area contributed by atoms with Gasteiger partial charge in [0.15, 0.2) is 0 Å². The van der Waals surface area contributed by atoms with Gasteiger partial charge in [-0.3, -0.25) is 0 Å². The van der Waals surface area contributed by atoms with Gasteiger partial charge in [0, 0.05) is 5.92 Å². The van der Waals surface area contributed by atoms with E-state index in [0.717, 1.165) is 12.8 Å². The van der Waals surface area contributed by atoms with Crippen molar-refractivity contribution in [2.24, 2.45) is 11.8 Å². The van der Waals surface area contributed by atoms with Crippen molar-refractivity contribution < 1.29 is 92.2 Å². The zero-order valence-electron chi connectivity index (χ0n) is 9.86. The normalized spacial score (nSPS) is 21.4. The molecule has 1 aliphatic rings. The molecule has 0 aliphatic heterocycles. The molecule has 3 atom stereocenters. The average molecular weight is 302 g/mol. The summed E-state index contributed by atoms with van der Waals surface area (Å²) in [6.07, 6.45) is 1.56. The van der Waals surface area contributed by atoms with Gasteiger partial charge >= 0.3 is 81.6 Å². The molecule has 0 bridgehead atoms. The Morgan fingerprint density at radius 1 is 1.24 bits per heavy atom. The van der Waals surface area contributed by atoms with Crippen LogP contribution < -0.4 is 68.9 Å². The average Bonchev–Trinajstić information content (AvgIpc) is 2.81. The van der Waals surface area contributed by atoms with E-state index in [4.69, 9.17) is 0 Å². The molecule has 0 saturated heterocycles. The van der Waals surface area contributed by atoms with Crippen LogP contribution in [0.3, 0.4) is 0 Å². The SMILES string of the molecule is CC(C1CC1)C(O)(O[P+](=O)[O-])O[P+](=O)[O-].[Na+].[Na+]. The Labute approximate surface area is 145 Å². The molecule has 0 radical (unpaired) electrons. The van der Waals surface area contributed by atoms with Crippen LogP contribution in [0.25, 0.3) is 0 Å². The quantitative estimate of drug-likeness (QED) is 0.294. The van der Waals surface area contributed by atoms with Crippen molar-refractivity contribution in [3.05, 3.63) is 0 Å². The Hall–Kier alpha value is 2.00. The van der Waals surface area contributed by atoms with Crippen LogP contribution in [0.2, 0.25) is 0 Å². The van der Waals surface area contributed by atoms with Gasteiger partial charge in [0.25, 0.3) is 0 Å². The fraction of sp³-hybridized carbons (Fsp3) is 1.00. The second-order valence-corrected chi connectivity index (χ2v) is 4.65. The summed E-state index contributed by atoms with van der Waals surface area (Å²) in [5, 5.41) is 9.62. The Morgan fingerprint density at radius 3 is 1.82 bits per heavy atom. The second-order valence-electron chi connectivity index (χ2n) is 3.39. The second kappa shape index (κ2) is 9.03. The van der Waals surface area contributed by atoms with Crippen molar-refractivity contribution >= 4 is 16.5 Å². The Kier molecular flexibility index (Phi) is 11.3. The van der Waals surface area contributed by atoms with Crippen molar-refractivity contribution in [3.63, 3.8) is 0 Å². The first-order chi connectivity index (χ1) is 6.85. The predicted molar refractivity (Wildman–Crippen MR) is 44.2 cm³/mol. The van der Waals surface area contributed by atoms with Crippen LogP contribution in [0.5, 0.6) is 0 Å². The first kappa shape index (κ1) is 21.3. The minimum absolute atomic E-state index is 0. The molecule has 86 valence electrons. The number of hydrogen-bond donors (Lipinski definition) is 1. The molecular formula is C6H10Na2O7P2+2. The minimum atomic E-state index is -3.39. The van der Waals surface area contributed by atoms with Crippen molar-refractivity contribution in [2.75, 3.05) is 0 Å². The Balaban J connectivity index is 0. The summed E-state index contributed by atoms with van der Waals surface area (Å²) < 4.78 is 28.9. The fourth-order valence-corrected chi connectivity index (χ4v) is 2.18. The molecule has 1 N–H and O–H groups in total. The van der Waals surface area contributed by atoms with Crippen LogP contribution in [-0.4, -0.2) is 11.1 Å². The van der Waals surface area contributed by atoms with E-state index in [1.807, 2.05) is 0 Å². The van der Waals surface area contributed by atoms with Crippen LogP contribution in [0.1, 0.15) is 19.8 Å². The predicted octanol–water partition coefficient (Wildman–Crippen LogP) is -6.24. The van der Waals surface area contributed by atoms with Crippen LogP contribution in [0, 0.1) is 11.8 Å². The van der Waals surface area contributed by atoms with E-state index in [1.54, 1.807) is 0 Å². The zero-order valence-corrected chi connectivity index (χ0v) is 15.6. The molecule has 0 amide bonds. The number of aliphatic hydroxyl groups is 1. The van der Waals surface area contributed by atoms with Gasteiger partial charge in [-0.25, -0.2) is 0 Å². The standard InChI is InChI=1S/C6H10O7P2.2Na/c1-4(5-2-3-5)6(7,12-14(8)9)13-15(10)11;;/h4-5,7H,2-3H2,1H3;;/q;2*+1. The third-order valence-corrected chi connectivity index (χ3v) is 3.14. The number of hydrogen-bond acceptors (Lipinski definition) is 7. The Morgan fingerprint density at radius 2 is 1.59 bits per heavy atom. The molecule has 7 nitrogen and oxygen atoms in total. The Bertz CT molecular complexity index is 270. The van der Waals surface area contributed by atoms with Gasteiger partial charge in [-0.15, -0.1) is 0 Å². The first-order valence-corrected chi connectivity index (χ1v) is 6.43. The fourth-order valence-electron chi connectivity index (χ4n) is 1.29. The molecular weight excluding hydrogens is 292 g/mol. The van der Waals surface area contributed by atoms with Crippen molar-refractivity contribution in [1.29, 1.82) is 0 Å². The zero-order chi connectivity index (χ0) is 11.6. The van der Waals surface area contributed by atoms with E-state index in [-0.39, 0.29) is 65.0 Å². The van der Waals surface area contributed by atoms with Gasteiger partial charge in [0.05, 0.1) is 0 Å². The summed E-state index contributed by atoms with van der Waals surface area (Å²) in [7, 11) is -6.78. The summed E-state index contributed by atoms with van der Waals surface area (Å²) in [6, 6.07) is 0. The van der Waals surface area contributed by atoms with Crippen LogP contribution in [-0.2, 0) is 18.2 Å². The van der Waals surface area contributed by atoms with Gasteiger partial charge in [-0.05, 0) is 27.9 Å². The molecule has 1 rings (SSSR count). The van der Waals surface area contributed by atoms with Gasteiger partial charge in [-0.2, -0.15) is 0 Å². The largest absolute Gasteiger partial charge is 1.00 e. The molecule has 17 heavy (non-hydrogen) atoms. The van der Waals surface area contributed by atoms with E-state index in [2.05, 4.69) is 9.05 Å². The van der Waals surface area contributed by atoms with Crippen molar-refractivity contribution in [3.8, 4) is 0 Å². The monoisotopic (exact) mass is 302 g/mol. The number of rotatable bonds is 6. The van der Waals surface area contributed by atoms with Gasteiger partial charge in [-0.1, -0.05) is 16.0 Å². The van der Waals surface area contributed by atoms with E-state index in [1.165, 1.54) is 6.92 Å². The van der Waals surface area contributed by atoms with E-state index in [9.17, 15) is 24.0 Å². The van der Waals surface area contributed by atoms with E-state index < -0.39 is 28.4 Å². The minimum Gasteiger partial charge on any atom is -0.566 e. The van der Waals surface area contributed by atoms with Gasteiger partial charge in [0.1, 0.15) is 0 Å². The van der Waals surface area contributed by atoms with Crippen molar-refractivity contribution in [2.45, 2.75) is 25.7 Å². The van der Waals surface area contributed by atoms with Crippen LogP contribution in [0.15, 0.2) is 0 Å². The van der Waals surface area contributed by atoms with Gasteiger partial charge < -0.3 is 14.9 Å². The third kappa shape index (κ3) is 7.37. The summed E-state index contributed by atoms with van der Waals surface area (Å²) in [5.41, 5.74) is 0. The van der Waals surface area contributed by atoms with Crippen LogP contribution >= 0.6 is 16.5 Å². The molecule has 0 spiro atoms. The molecule has 0 aromatic carbocycles. The van der Waals surface area contributed by atoms with E-state index in [0.29, 0.717) is 0 Å². The third-order valence-electron chi connectivity index (χ3n) is 2.32. The maximum atomic E-state index is 10.3. The van der Waals surface area contributed by atoms with E-state index >= 15 is 0 Å². The van der Waals surface area contributed by atoms with Crippen molar-refractivity contribution in [1.82, 2.24) is 0 Å². The molecule has 11 heteroatoms. The summed E-state index contributed by atoms with van der Waals surface area (Å²) in [6.45, 7) is 1.47. The summed E-state index contributed by atoms with van der Waals surface area (Å²) >= 11 is 0. The molecule has 0 aromatic heterocycles. The molecule has 1 aliphatic carbocycles. The molecule has 0 heterocycles. The maximum absolute atomic E-state index is 10.3. The summed E-state index contributed by atoms with van der Waals surface area (Å²) in [4.78, 5) is 20.6. The molecule has 0 aromatic rings. The topological polar surface area (TPSA) is 119 Å². The van der Waals surface area contributed by atoms with Crippen LogP contribution in [0.4, 0.5) is 0 Å². The van der Waals surface area contributed by atoms with Gasteiger partial charge in [0.2, 0.25) is 0 Å². The molecule has 1 saturated carbocycles. The first-order valence-electron chi connectivity index (χ1n) is 4.24. The summed E-state index contributed by atoms with van der Waals surface area (Å²) in [5.74, 6) is -3.32. The molecule has 1 fully saturated rings.